The first-order valence-corrected chi connectivity index (χ1v) is 16.8. The quantitative estimate of drug-likeness (QED) is 0.230. The normalized spacial score (nSPS) is 19.7. The van der Waals surface area contributed by atoms with Gasteiger partial charge in [0.15, 0.2) is 5.75 Å². The molecule has 0 saturated carbocycles. The van der Waals surface area contributed by atoms with E-state index in [-0.39, 0.29) is 22.2 Å². The van der Waals surface area contributed by atoms with Crippen molar-refractivity contribution in [2.75, 3.05) is 54.0 Å². The number of methoxy groups -OCH3 is 2. The average Bonchev–Trinajstić information content (AvgIpc) is 3.52. The molecule has 1 atom stereocenters. The Morgan fingerprint density at radius 1 is 1.02 bits per heavy atom. The van der Waals surface area contributed by atoms with E-state index in [4.69, 9.17) is 26.2 Å². The van der Waals surface area contributed by atoms with Crippen molar-refractivity contribution in [3.8, 4) is 11.6 Å². The van der Waals surface area contributed by atoms with Gasteiger partial charge < -0.3 is 23.8 Å². The zero-order chi connectivity index (χ0) is 31.9. The van der Waals surface area contributed by atoms with Gasteiger partial charge in [0.1, 0.15) is 0 Å². The Bertz CT molecular complexity index is 1790. The van der Waals surface area contributed by atoms with Gasteiger partial charge in [0.2, 0.25) is 5.95 Å². The predicted octanol–water partition coefficient (Wildman–Crippen LogP) is 5.18. The van der Waals surface area contributed by atoms with Gasteiger partial charge in [-0.1, -0.05) is 17.7 Å². The van der Waals surface area contributed by atoms with Crippen LogP contribution < -0.4 is 9.47 Å². The van der Waals surface area contributed by atoms with Crippen molar-refractivity contribution < 1.29 is 22.3 Å². The molecule has 240 valence electrons. The summed E-state index contributed by atoms with van der Waals surface area (Å²) < 4.78 is 58.7. The molecule has 0 bridgehead atoms. The van der Waals surface area contributed by atoms with Crippen molar-refractivity contribution in [1.82, 2.24) is 28.1 Å². The lowest BCUT2D eigenvalue weighted by Gasteiger charge is -2.29. The highest BCUT2D eigenvalue weighted by atomic mass is 35.5. The van der Waals surface area contributed by atoms with Crippen LogP contribution in [0.2, 0.25) is 0 Å². The fourth-order valence-corrected chi connectivity index (χ4v) is 8.01. The largest absolute Gasteiger partial charge is 0.491 e. The molecule has 5 heterocycles. The number of nitrogens with zero attached hydrogens (tertiary/aromatic N) is 6. The summed E-state index contributed by atoms with van der Waals surface area (Å²) in [6, 6.07) is 7.66. The molecule has 1 saturated heterocycles. The number of pyridine rings is 1. The molecule has 0 radical (unpaired) electrons. The fraction of sp³-hybridized carbons (Fsp3) is 0.406. The number of aromatic nitrogens is 2. The number of likely N-dealkylation sites (N-methyl/N-ethyl adjacent to an activating group) is 1. The van der Waals surface area contributed by atoms with Gasteiger partial charge in [0.25, 0.3) is 15.9 Å². The second-order valence-electron chi connectivity index (χ2n) is 11.6. The standard InChI is InChI=1S/C32H38ClFN6O4S/c1-22-7-9-23(10-8-22)45(41,42)40-25-11-12-30(34)39(33)27(25)19-26(40)24-21-38(16-6-15-37-14-5-13-36(2)17-18-37)28-20-29(43-3)32(44-4)35-31(24)28/h7-12,19-21,26H,5-6,13-18H2,1-4H3. The minimum Gasteiger partial charge on any atom is -0.491 e. The van der Waals surface area contributed by atoms with Gasteiger partial charge >= 0.3 is 0 Å². The lowest BCUT2D eigenvalue weighted by molar-refractivity contribution is 0.269. The van der Waals surface area contributed by atoms with E-state index >= 15 is 0 Å². The molecule has 2 aromatic heterocycles. The maximum atomic E-state index is 14.7. The van der Waals surface area contributed by atoms with Crippen molar-refractivity contribution in [2.45, 2.75) is 37.2 Å². The first-order valence-electron chi connectivity index (χ1n) is 15.0. The highest BCUT2D eigenvalue weighted by Gasteiger charge is 2.44. The number of fused-ring (bicyclic) bond motifs is 2. The van der Waals surface area contributed by atoms with E-state index in [0.29, 0.717) is 23.4 Å². The van der Waals surface area contributed by atoms with E-state index in [2.05, 4.69) is 21.4 Å². The van der Waals surface area contributed by atoms with Gasteiger partial charge in [-0.05, 0) is 76.8 Å². The maximum Gasteiger partial charge on any atom is 0.265 e. The first kappa shape index (κ1) is 31.4. The molecule has 0 amide bonds. The van der Waals surface area contributed by atoms with Crippen LogP contribution in [0.15, 0.2) is 77.0 Å². The average molecular weight is 657 g/mol. The molecule has 1 unspecified atom stereocenters. The van der Waals surface area contributed by atoms with Crippen molar-refractivity contribution in [3.05, 3.63) is 83.2 Å². The van der Waals surface area contributed by atoms with Gasteiger partial charge in [-0.25, -0.2) is 17.8 Å². The predicted molar refractivity (Wildman–Crippen MR) is 172 cm³/mol. The molecular weight excluding hydrogens is 619 g/mol. The molecule has 0 spiro atoms. The van der Waals surface area contributed by atoms with Crippen LogP contribution >= 0.6 is 11.8 Å². The monoisotopic (exact) mass is 656 g/mol. The van der Waals surface area contributed by atoms with Gasteiger partial charge in [0.05, 0.1) is 47.6 Å². The van der Waals surface area contributed by atoms with Gasteiger partial charge in [-0.3, -0.25) is 4.31 Å². The van der Waals surface area contributed by atoms with Crippen LogP contribution in [0.25, 0.3) is 11.0 Å². The Balaban J connectivity index is 1.44. The van der Waals surface area contributed by atoms with Gasteiger partial charge in [-0.2, -0.15) is 4.39 Å². The second kappa shape index (κ2) is 12.7. The molecule has 13 heteroatoms. The molecule has 6 rings (SSSR count). The highest BCUT2D eigenvalue weighted by Crippen LogP contribution is 2.48. The fourth-order valence-electron chi connectivity index (χ4n) is 6.22. The number of hydrogen-bond acceptors (Lipinski definition) is 8. The van der Waals surface area contributed by atoms with E-state index in [0.717, 1.165) is 67.1 Å². The summed E-state index contributed by atoms with van der Waals surface area (Å²) in [5, 5.41) is 0. The smallest absolute Gasteiger partial charge is 0.265 e. The topological polar surface area (TPSA) is 83.4 Å². The first-order chi connectivity index (χ1) is 21.6. The van der Waals surface area contributed by atoms with E-state index in [1.165, 1.54) is 17.5 Å². The molecule has 1 aromatic carbocycles. The molecule has 0 N–H and O–H groups in total. The Morgan fingerprint density at radius 3 is 2.53 bits per heavy atom. The molecule has 3 aliphatic rings. The number of halogens is 2. The number of hydrogen-bond donors (Lipinski definition) is 0. The van der Waals surface area contributed by atoms with Crippen LogP contribution in [0.4, 0.5) is 4.39 Å². The zero-order valence-corrected chi connectivity index (χ0v) is 27.5. The van der Waals surface area contributed by atoms with Crippen LogP contribution in [0, 0.1) is 6.92 Å². The summed E-state index contributed by atoms with van der Waals surface area (Å²) >= 11 is 6.37. The third-order valence-electron chi connectivity index (χ3n) is 8.65. The molecule has 3 aromatic rings. The highest BCUT2D eigenvalue weighted by molar-refractivity contribution is 7.89. The van der Waals surface area contributed by atoms with Crippen molar-refractivity contribution in [3.63, 3.8) is 0 Å². The summed E-state index contributed by atoms with van der Waals surface area (Å²) in [7, 11) is 1.11. The Kier molecular flexibility index (Phi) is 8.84. The molecule has 1 fully saturated rings. The van der Waals surface area contributed by atoms with Crippen LogP contribution in [0.1, 0.15) is 30.0 Å². The lowest BCUT2D eigenvalue weighted by atomic mass is 10.1. The van der Waals surface area contributed by atoms with Crippen LogP contribution in [-0.2, 0) is 16.6 Å². The minimum atomic E-state index is -4.12. The number of ether oxygens (including phenoxy) is 2. The van der Waals surface area contributed by atoms with E-state index in [9.17, 15) is 12.8 Å². The Morgan fingerprint density at radius 2 is 1.80 bits per heavy atom. The van der Waals surface area contributed by atoms with E-state index in [1.807, 2.05) is 19.2 Å². The third kappa shape index (κ3) is 5.92. The number of allylic oxidation sites excluding steroid dienone is 2. The second-order valence-corrected chi connectivity index (χ2v) is 13.8. The van der Waals surface area contributed by atoms with E-state index in [1.54, 1.807) is 37.5 Å². The van der Waals surface area contributed by atoms with Crippen molar-refractivity contribution in [1.29, 1.82) is 0 Å². The van der Waals surface area contributed by atoms with Crippen LogP contribution in [0.3, 0.4) is 0 Å². The van der Waals surface area contributed by atoms with Crippen LogP contribution in [-0.4, -0.2) is 90.5 Å². The molecule has 45 heavy (non-hydrogen) atoms. The third-order valence-corrected chi connectivity index (χ3v) is 10.8. The van der Waals surface area contributed by atoms with Gasteiger partial charge in [-0.15, -0.1) is 0 Å². The summed E-state index contributed by atoms with van der Waals surface area (Å²) in [5.41, 5.74) is 3.39. The molecule has 10 nitrogen and oxygen atoms in total. The number of rotatable bonds is 9. The van der Waals surface area contributed by atoms with E-state index < -0.39 is 22.0 Å². The number of benzene rings is 1. The number of aryl methyl sites for hydroxylation is 2. The molecule has 0 aliphatic carbocycles. The Hall–Kier alpha value is -3.58. The summed E-state index contributed by atoms with van der Waals surface area (Å²) in [4.78, 5) is 9.78. The zero-order valence-electron chi connectivity index (χ0n) is 25.9. The summed E-state index contributed by atoms with van der Waals surface area (Å²) in [5.74, 6) is 0.0428. The maximum absolute atomic E-state index is 14.7. The SMILES string of the molecule is COc1cc2c(nc1OC)c(C1C=C3C(=CC=C(F)N3Cl)N1S(=O)(=O)c1ccc(C)cc1)cn2CCCN1CCCN(C)CC1. The Labute approximate surface area is 268 Å². The van der Waals surface area contributed by atoms with Crippen LogP contribution in [0.5, 0.6) is 11.6 Å². The molecular formula is C32H38ClFN6O4S. The van der Waals surface area contributed by atoms with Crippen molar-refractivity contribution >= 4 is 32.8 Å². The summed E-state index contributed by atoms with van der Waals surface area (Å²) in [6.07, 6.45) is 8.23. The molecule has 3 aliphatic heterocycles. The summed E-state index contributed by atoms with van der Waals surface area (Å²) in [6.45, 7) is 7.73. The van der Waals surface area contributed by atoms with Crippen molar-refractivity contribution in [2.24, 2.45) is 0 Å². The number of sulfonamides is 1. The lowest BCUT2D eigenvalue weighted by Crippen LogP contribution is -2.32. The van der Waals surface area contributed by atoms with Gasteiger partial charge in [0, 0.05) is 49.2 Å². The minimum absolute atomic E-state index is 0.115.